The molecule has 0 aliphatic heterocycles. The van der Waals surface area contributed by atoms with Gasteiger partial charge >= 0.3 is 0 Å². The summed E-state index contributed by atoms with van der Waals surface area (Å²) in [4.78, 5) is 0. The summed E-state index contributed by atoms with van der Waals surface area (Å²) in [6.07, 6.45) is 0. The number of para-hydroxylation sites is 1. The Bertz CT molecular complexity index is 1840. The van der Waals surface area contributed by atoms with E-state index in [0.717, 1.165) is 66.1 Å². The first kappa shape index (κ1) is 18.6. The number of furan rings is 2. The van der Waals surface area contributed by atoms with E-state index < -0.39 is 0 Å². The zero-order valence-corrected chi connectivity index (χ0v) is 18.3. The zero-order valence-electron chi connectivity index (χ0n) is 17.5. The molecule has 7 rings (SSSR count). The molecule has 0 aliphatic carbocycles. The Morgan fingerprint density at radius 1 is 0.455 bits per heavy atom. The number of rotatable bonds is 2. The monoisotopic (exact) mass is 444 g/mol. The molecule has 0 N–H and O–H groups in total. The summed E-state index contributed by atoms with van der Waals surface area (Å²) in [5, 5.41) is 5.10. The topological polar surface area (TPSA) is 26.3 Å². The summed E-state index contributed by atoms with van der Waals surface area (Å²) < 4.78 is 12.3. The molecule has 7 aromatic rings. The molecule has 0 fully saturated rings. The van der Waals surface area contributed by atoms with Gasteiger partial charge < -0.3 is 8.83 Å². The molecule has 2 nitrogen and oxygen atoms in total. The quantitative estimate of drug-likeness (QED) is 0.265. The van der Waals surface area contributed by atoms with E-state index >= 15 is 0 Å². The van der Waals surface area contributed by atoms with Crippen LogP contribution in [0, 0.1) is 0 Å². The average molecular weight is 445 g/mol. The minimum absolute atomic E-state index is 0.669. The van der Waals surface area contributed by atoms with Gasteiger partial charge in [-0.3, -0.25) is 0 Å². The second-order valence-corrected chi connectivity index (χ2v) is 8.71. The van der Waals surface area contributed by atoms with E-state index in [-0.39, 0.29) is 0 Å². The van der Waals surface area contributed by atoms with Gasteiger partial charge in [0.15, 0.2) is 0 Å². The van der Waals surface area contributed by atoms with Crippen molar-refractivity contribution in [2.75, 3.05) is 0 Å². The van der Waals surface area contributed by atoms with Crippen LogP contribution in [0.3, 0.4) is 0 Å². The highest BCUT2D eigenvalue weighted by atomic mass is 35.5. The van der Waals surface area contributed by atoms with E-state index in [1.165, 1.54) is 0 Å². The van der Waals surface area contributed by atoms with Crippen molar-refractivity contribution in [3.63, 3.8) is 0 Å². The Balaban J connectivity index is 1.49. The largest absolute Gasteiger partial charge is 0.456 e. The Labute approximate surface area is 194 Å². The summed E-state index contributed by atoms with van der Waals surface area (Å²) in [6, 6.07) is 35.2. The Morgan fingerprint density at radius 3 is 2.06 bits per heavy atom. The molecule has 0 radical (unpaired) electrons. The lowest BCUT2D eigenvalue weighted by molar-refractivity contribution is 0.668. The van der Waals surface area contributed by atoms with Crippen LogP contribution in [0.5, 0.6) is 0 Å². The molecule has 2 aromatic heterocycles. The van der Waals surface area contributed by atoms with Crippen LogP contribution in [-0.2, 0) is 0 Å². The molecule has 0 atom stereocenters. The lowest BCUT2D eigenvalue weighted by Crippen LogP contribution is -1.86. The van der Waals surface area contributed by atoms with Gasteiger partial charge in [-0.2, -0.15) is 0 Å². The first-order valence-corrected chi connectivity index (χ1v) is 11.3. The highest BCUT2D eigenvalue weighted by Gasteiger charge is 2.16. The summed E-state index contributed by atoms with van der Waals surface area (Å²) in [6.45, 7) is 0. The number of halogens is 1. The third-order valence-corrected chi connectivity index (χ3v) is 6.60. The van der Waals surface area contributed by atoms with Gasteiger partial charge in [-0.05, 0) is 58.7 Å². The number of fused-ring (bicyclic) bond motifs is 6. The number of hydrogen-bond acceptors (Lipinski definition) is 2. The fourth-order valence-corrected chi connectivity index (χ4v) is 5.05. The van der Waals surface area contributed by atoms with Crippen LogP contribution in [0.15, 0.2) is 112 Å². The highest BCUT2D eigenvalue weighted by molar-refractivity contribution is 6.31. The van der Waals surface area contributed by atoms with E-state index in [9.17, 15) is 0 Å². The summed E-state index contributed by atoms with van der Waals surface area (Å²) in [7, 11) is 0. The van der Waals surface area contributed by atoms with Gasteiger partial charge in [-0.15, -0.1) is 0 Å². The van der Waals surface area contributed by atoms with Gasteiger partial charge in [-0.1, -0.05) is 72.3 Å². The normalized spacial score (nSPS) is 11.8. The molecule has 5 aromatic carbocycles. The molecule has 0 amide bonds. The van der Waals surface area contributed by atoms with Gasteiger partial charge in [0.1, 0.15) is 22.3 Å². The highest BCUT2D eigenvalue weighted by Crippen LogP contribution is 2.42. The third-order valence-electron chi connectivity index (χ3n) is 6.37. The zero-order chi connectivity index (χ0) is 21.9. The molecule has 0 unspecified atom stereocenters. The van der Waals surface area contributed by atoms with Crippen molar-refractivity contribution >= 4 is 55.5 Å². The number of benzene rings is 5. The maximum Gasteiger partial charge on any atom is 0.136 e. The van der Waals surface area contributed by atoms with Crippen LogP contribution in [-0.4, -0.2) is 0 Å². The maximum atomic E-state index is 6.22. The molecule has 0 aliphatic rings. The second kappa shape index (κ2) is 6.99. The fourth-order valence-electron chi connectivity index (χ4n) is 4.89. The predicted octanol–water partition coefficient (Wildman–Crippen LogP) is 9.47. The lowest BCUT2D eigenvalue weighted by Gasteiger charge is -2.11. The SMILES string of the molecule is Clc1ccc2c(c1)oc1cccc(-c3ccccc3-c3ccc4c(c3)oc3ccccc34)c12. The van der Waals surface area contributed by atoms with Crippen LogP contribution in [0.2, 0.25) is 5.02 Å². The van der Waals surface area contributed by atoms with Crippen molar-refractivity contribution in [2.24, 2.45) is 0 Å². The molecule has 0 saturated heterocycles. The maximum absolute atomic E-state index is 6.22. The van der Waals surface area contributed by atoms with Crippen molar-refractivity contribution in [3.05, 3.63) is 108 Å². The van der Waals surface area contributed by atoms with Crippen LogP contribution in [0.4, 0.5) is 0 Å². The fraction of sp³-hybridized carbons (Fsp3) is 0. The Kier molecular flexibility index (Phi) is 3.93. The minimum atomic E-state index is 0.669. The molecular formula is C30H17ClO2. The van der Waals surface area contributed by atoms with Crippen molar-refractivity contribution in [2.45, 2.75) is 0 Å². The van der Waals surface area contributed by atoms with Crippen LogP contribution in [0.25, 0.3) is 66.1 Å². The van der Waals surface area contributed by atoms with E-state index in [0.29, 0.717) is 5.02 Å². The predicted molar refractivity (Wildman–Crippen MR) is 137 cm³/mol. The van der Waals surface area contributed by atoms with Crippen molar-refractivity contribution in [1.82, 2.24) is 0 Å². The van der Waals surface area contributed by atoms with E-state index in [2.05, 4.69) is 54.6 Å². The second-order valence-electron chi connectivity index (χ2n) is 8.28. The standard InChI is InChI=1S/C30H17ClO2/c31-19-13-15-25-29(17-19)33-27-11-5-9-24(30(25)27)21-7-2-1-6-20(21)18-12-14-23-22-8-3-4-10-26(22)32-28(23)16-18/h1-17H. The minimum Gasteiger partial charge on any atom is -0.456 e. The summed E-state index contributed by atoms with van der Waals surface area (Å²) >= 11 is 6.22. The van der Waals surface area contributed by atoms with Gasteiger partial charge in [-0.25, -0.2) is 0 Å². The Hall–Kier alpha value is -4.01. The van der Waals surface area contributed by atoms with E-state index in [1.807, 2.05) is 48.5 Å². The third kappa shape index (κ3) is 2.81. The average Bonchev–Trinajstić information content (AvgIpc) is 3.41. The van der Waals surface area contributed by atoms with Gasteiger partial charge in [0.05, 0.1) is 0 Å². The van der Waals surface area contributed by atoms with E-state index in [4.69, 9.17) is 20.4 Å². The van der Waals surface area contributed by atoms with Crippen molar-refractivity contribution in [3.8, 4) is 22.3 Å². The first-order valence-electron chi connectivity index (χ1n) is 10.9. The van der Waals surface area contributed by atoms with Gasteiger partial charge in [0, 0.05) is 32.6 Å². The van der Waals surface area contributed by atoms with Gasteiger partial charge in [0.25, 0.3) is 0 Å². The summed E-state index contributed by atoms with van der Waals surface area (Å²) in [5.74, 6) is 0. The van der Waals surface area contributed by atoms with Crippen molar-refractivity contribution < 1.29 is 8.83 Å². The smallest absolute Gasteiger partial charge is 0.136 e. The van der Waals surface area contributed by atoms with Crippen LogP contribution in [0.1, 0.15) is 0 Å². The lowest BCUT2D eigenvalue weighted by atomic mass is 9.91. The van der Waals surface area contributed by atoms with Crippen LogP contribution >= 0.6 is 11.6 Å². The molecule has 0 bridgehead atoms. The number of hydrogen-bond donors (Lipinski definition) is 0. The van der Waals surface area contributed by atoms with Gasteiger partial charge in [0.2, 0.25) is 0 Å². The van der Waals surface area contributed by atoms with E-state index in [1.54, 1.807) is 0 Å². The summed E-state index contributed by atoms with van der Waals surface area (Å²) in [5.41, 5.74) is 8.00. The molecule has 33 heavy (non-hydrogen) atoms. The Morgan fingerprint density at radius 2 is 1.12 bits per heavy atom. The van der Waals surface area contributed by atoms with Crippen LogP contribution < -0.4 is 0 Å². The molecule has 3 heteroatoms. The molecule has 156 valence electrons. The first-order chi connectivity index (χ1) is 16.3. The molecule has 2 heterocycles. The molecular weight excluding hydrogens is 428 g/mol. The molecule has 0 saturated carbocycles. The van der Waals surface area contributed by atoms with Crippen molar-refractivity contribution in [1.29, 1.82) is 0 Å². The molecule has 0 spiro atoms.